The van der Waals surface area contributed by atoms with Crippen LogP contribution in [0.25, 0.3) is 0 Å². The van der Waals surface area contributed by atoms with Gasteiger partial charge in [0.1, 0.15) is 0 Å². The number of rotatable bonds is 5. The molecular weight excluding hydrogens is 174 g/mol. The summed E-state index contributed by atoms with van der Waals surface area (Å²) in [5, 5.41) is 3.64. The summed E-state index contributed by atoms with van der Waals surface area (Å²) in [6.07, 6.45) is 8.05. The SMILES string of the molecule is CCCNC1CCCCC(COC)C1. The molecule has 0 aromatic rings. The van der Waals surface area contributed by atoms with Gasteiger partial charge < -0.3 is 10.1 Å². The summed E-state index contributed by atoms with van der Waals surface area (Å²) >= 11 is 0. The Kier molecular flexibility index (Phi) is 6.20. The van der Waals surface area contributed by atoms with Crippen molar-refractivity contribution in [1.29, 1.82) is 0 Å². The molecule has 1 N–H and O–H groups in total. The van der Waals surface area contributed by atoms with Crippen LogP contribution >= 0.6 is 0 Å². The molecule has 0 heterocycles. The molecule has 1 saturated carbocycles. The topological polar surface area (TPSA) is 21.3 Å². The van der Waals surface area contributed by atoms with E-state index in [-0.39, 0.29) is 0 Å². The number of hydrogen-bond donors (Lipinski definition) is 1. The first kappa shape index (κ1) is 12.0. The molecule has 0 radical (unpaired) electrons. The van der Waals surface area contributed by atoms with E-state index in [2.05, 4.69) is 12.2 Å². The number of hydrogen-bond acceptors (Lipinski definition) is 2. The Labute approximate surface area is 88.4 Å². The van der Waals surface area contributed by atoms with E-state index in [0.29, 0.717) is 0 Å². The van der Waals surface area contributed by atoms with Gasteiger partial charge in [0.2, 0.25) is 0 Å². The first-order valence-electron chi connectivity index (χ1n) is 6.09. The van der Waals surface area contributed by atoms with E-state index < -0.39 is 0 Å². The van der Waals surface area contributed by atoms with Crippen LogP contribution in [0.5, 0.6) is 0 Å². The Morgan fingerprint density at radius 3 is 2.79 bits per heavy atom. The lowest BCUT2D eigenvalue weighted by Crippen LogP contribution is -2.31. The fourth-order valence-corrected chi connectivity index (χ4v) is 2.38. The molecule has 84 valence electrons. The van der Waals surface area contributed by atoms with Gasteiger partial charge in [-0.2, -0.15) is 0 Å². The molecule has 1 aliphatic rings. The van der Waals surface area contributed by atoms with Gasteiger partial charge in [0, 0.05) is 19.8 Å². The predicted octanol–water partition coefficient (Wildman–Crippen LogP) is 2.58. The summed E-state index contributed by atoms with van der Waals surface area (Å²) in [5.41, 5.74) is 0. The highest BCUT2D eigenvalue weighted by atomic mass is 16.5. The number of methoxy groups -OCH3 is 1. The highest BCUT2D eigenvalue weighted by molar-refractivity contribution is 4.75. The maximum Gasteiger partial charge on any atom is 0.0491 e. The molecule has 0 aliphatic heterocycles. The molecule has 0 bridgehead atoms. The molecule has 1 rings (SSSR count). The van der Waals surface area contributed by atoms with Crippen LogP contribution in [-0.2, 0) is 4.74 Å². The van der Waals surface area contributed by atoms with E-state index in [1.165, 1.54) is 45.1 Å². The fourth-order valence-electron chi connectivity index (χ4n) is 2.38. The largest absolute Gasteiger partial charge is 0.384 e. The summed E-state index contributed by atoms with van der Waals surface area (Å²) < 4.78 is 5.26. The van der Waals surface area contributed by atoms with Crippen LogP contribution in [0.15, 0.2) is 0 Å². The minimum Gasteiger partial charge on any atom is -0.384 e. The van der Waals surface area contributed by atoms with Crippen molar-refractivity contribution in [2.75, 3.05) is 20.3 Å². The van der Waals surface area contributed by atoms with Crippen LogP contribution in [0.4, 0.5) is 0 Å². The first-order chi connectivity index (χ1) is 6.86. The van der Waals surface area contributed by atoms with Gasteiger partial charge in [-0.3, -0.25) is 0 Å². The van der Waals surface area contributed by atoms with E-state index in [9.17, 15) is 0 Å². The van der Waals surface area contributed by atoms with Crippen molar-refractivity contribution in [2.24, 2.45) is 5.92 Å². The van der Waals surface area contributed by atoms with Crippen molar-refractivity contribution in [3.8, 4) is 0 Å². The van der Waals surface area contributed by atoms with Crippen molar-refractivity contribution in [1.82, 2.24) is 5.32 Å². The smallest absolute Gasteiger partial charge is 0.0491 e. The summed E-state index contributed by atoms with van der Waals surface area (Å²) in [6.45, 7) is 4.35. The van der Waals surface area contributed by atoms with Crippen molar-refractivity contribution >= 4 is 0 Å². The molecule has 0 spiro atoms. The molecule has 2 heteroatoms. The minimum absolute atomic E-state index is 0.748. The third kappa shape index (κ3) is 4.43. The number of nitrogens with one attached hydrogen (secondary N) is 1. The van der Waals surface area contributed by atoms with Crippen LogP contribution in [-0.4, -0.2) is 26.3 Å². The molecule has 1 aliphatic carbocycles. The zero-order chi connectivity index (χ0) is 10.2. The summed E-state index contributed by atoms with van der Waals surface area (Å²) in [4.78, 5) is 0. The van der Waals surface area contributed by atoms with Gasteiger partial charge in [0.15, 0.2) is 0 Å². The Morgan fingerprint density at radius 2 is 2.07 bits per heavy atom. The predicted molar refractivity (Wildman–Crippen MR) is 60.5 cm³/mol. The Bertz CT molecular complexity index is 138. The summed E-state index contributed by atoms with van der Waals surface area (Å²) in [6, 6.07) is 0.748. The molecular formula is C12H25NO. The average molecular weight is 199 g/mol. The standard InChI is InChI=1S/C12H25NO/c1-3-8-13-12-7-5-4-6-11(9-12)10-14-2/h11-13H,3-10H2,1-2H3. The second-order valence-corrected chi connectivity index (χ2v) is 4.49. The second-order valence-electron chi connectivity index (χ2n) is 4.49. The van der Waals surface area contributed by atoms with Crippen LogP contribution in [0.2, 0.25) is 0 Å². The lowest BCUT2D eigenvalue weighted by Gasteiger charge is -2.20. The zero-order valence-corrected chi connectivity index (χ0v) is 9.72. The Balaban J connectivity index is 2.27. The lowest BCUT2D eigenvalue weighted by atomic mass is 9.99. The van der Waals surface area contributed by atoms with Gasteiger partial charge >= 0.3 is 0 Å². The summed E-state index contributed by atoms with van der Waals surface area (Å²) in [5.74, 6) is 0.789. The van der Waals surface area contributed by atoms with Crippen LogP contribution in [0.3, 0.4) is 0 Å². The van der Waals surface area contributed by atoms with E-state index >= 15 is 0 Å². The zero-order valence-electron chi connectivity index (χ0n) is 9.72. The van der Waals surface area contributed by atoms with E-state index in [0.717, 1.165) is 18.6 Å². The van der Waals surface area contributed by atoms with Gasteiger partial charge in [-0.1, -0.05) is 19.8 Å². The fraction of sp³-hybridized carbons (Fsp3) is 1.00. The second kappa shape index (κ2) is 7.24. The van der Waals surface area contributed by atoms with Crippen molar-refractivity contribution < 1.29 is 4.74 Å². The average Bonchev–Trinajstić information content (AvgIpc) is 2.41. The molecule has 0 saturated heterocycles. The van der Waals surface area contributed by atoms with Gasteiger partial charge in [-0.05, 0) is 38.1 Å². The molecule has 1 fully saturated rings. The van der Waals surface area contributed by atoms with E-state index in [1.54, 1.807) is 0 Å². The molecule has 2 nitrogen and oxygen atoms in total. The molecule has 2 atom stereocenters. The highest BCUT2D eigenvalue weighted by Crippen LogP contribution is 2.23. The van der Waals surface area contributed by atoms with Gasteiger partial charge in [0.25, 0.3) is 0 Å². The van der Waals surface area contributed by atoms with Crippen molar-refractivity contribution in [2.45, 2.75) is 51.5 Å². The third-order valence-electron chi connectivity index (χ3n) is 3.12. The van der Waals surface area contributed by atoms with Crippen LogP contribution in [0.1, 0.15) is 45.4 Å². The molecule has 0 amide bonds. The lowest BCUT2D eigenvalue weighted by molar-refractivity contribution is 0.140. The van der Waals surface area contributed by atoms with E-state index in [4.69, 9.17) is 4.74 Å². The van der Waals surface area contributed by atoms with Crippen molar-refractivity contribution in [3.63, 3.8) is 0 Å². The monoisotopic (exact) mass is 199 g/mol. The van der Waals surface area contributed by atoms with Gasteiger partial charge in [0.05, 0.1) is 0 Å². The molecule has 2 unspecified atom stereocenters. The molecule has 14 heavy (non-hydrogen) atoms. The van der Waals surface area contributed by atoms with Crippen LogP contribution in [0, 0.1) is 5.92 Å². The Morgan fingerprint density at radius 1 is 1.29 bits per heavy atom. The molecule has 0 aromatic carbocycles. The third-order valence-corrected chi connectivity index (χ3v) is 3.12. The first-order valence-corrected chi connectivity index (χ1v) is 6.09. The van der Waals surface area contributed by atoms with Crippen molar-refractivity contribution in [3.05, 3.63) is 0 Å². The maximum atomic E-state index is 5.26. The number of ether oxygens (including phenoxy) is 1. The van der Waals surface area contributed by atoms with Gasteiger partial charge in [-0.25, -0.2) is 0 Å². The quantitative estimate of drug-likeness (QED) is 0.687. The van der Waals surface area contributed by atoms with Gasteiger partial charge in [-0.15, -0.1) is 0 Å². The Hall–Kier alpha value is -0.0800. The highest BCUT2D eigenvalue weighted by Gasteiger charge is 2.19. The normalized spacial score (nSPS) is 28.7. The maximum absolute atomic E-state index is 5.26. The molecule has 0 aromatic heterocycles. The minimum atomic E-state index is 0.748. The van der Waals surface area contributed by atoms with Crippen LogP contribution < -0.4 is 5.32 Å². The van der Waals surface area contributed by atoms with E-state index in [1.807, 2.05) is 7.11 Å². The summed E-state index contributed by atoms with van der Waals surface area (Å²) in [7, 11) is 1.82.